The van der Waals surface area contributed by atoms with Crippen molar-refractivity contribution in [3.8, 4) is 11.3 Å². The number of pyridine rings is 1. The topological polar surface area (TPSA) is 130 Å². The van der Waals surface area contributed by atoms with Gasteiger partial charge >= 0.3 is 5.97 Å². The van der Waals surface area contributed by atoms with Crippen molar-refractivity contribution in [2.45, 2.75) is 38.5 Å². The second-order valence-corrected chi connectivity index (χ2v) is 10.5. The first kappa shape index (κ1) is 23.7. The number of nitrogens with one attached hydrogen (secondary N) is 1. The predicted molar refractivity (Wildman–Crippen MR) is 129 cm³/mol. The minimum Gasteiger partial charge on any atom is -0.481 e. The number of aryl methyl sites for hydroxylation is 1. The number of carboxylic acids is 1. The van der Waals surface area contributed by atoms with Crippen LogP contribution in [-0.4, -0.2) is 50.2 Å². The number of carbonyl (C=O) groups excluding carboxylic acids is 1. The molecule has 0 aliphatic heterocycles. The molecule has 1 aromatic carbocycles. The predicted octanol–water partition coefficient (Wildman–Crippen LogP) is 3.67. The number of nitrogens with zero attached hydrogens (tertiary/aromatic N) is 2. The first-order valence-electron chi connectivity index (χ1n) is 11.1. The highest BCUT2D eigenvalue weighted by atomic mass is 32.2. The van der Waals surface area contributed by atoms with Crippen LogP contribution in [-0.2, 0) is 14.8 Å². The largest absolute Gasteiger partial charge is 0.481 e. The SMILES string of the molecule is CNC(=O)c1c(-c2ccc(C)cc2)oc2nc(N(CCCC(=O)O)S(C)(=O)=O)c(C3CC3)cc12. The molecule has 3 aromatic rings. The molecule has 1 aliphatic rings. The maximum atomic E-state index is 12.9. The van der Waals surface area contributed by atoms with E-state index < -0.39 is 16.0 Å². The van der Waals surface area contributed by atoms with Gasteiger partial charge in [0.15, 0.2) is 0 Å². The quantitative estimate of drug-likeness (QED) is 0.473. The van der Waals surface area contributed by atoms with Crippen molar-refractivity contribution in [1.82, 2.24) is 10.3 Å². The number of rotatable bonds is 9. The lowest BCUT2D eigenvalue weighted by atomic mass is 10.0. The Kier molecular flexibility index (Phi) is 6.35. The molecule has 34 heavy (non-hydrogen) atoms. The Hall–Kier alpha value is -3.40. The van der Waals surface area contributed by atoms with E-state index in [1.165, 1.54) is 7.05 Å². The molecule has 1 amide bonds. The van der Waals surface area contributed by atoms with Crippen LogP contribution < -0.4 is 9.62 Å². The normalized spacial score (nSPS) is 13.7. The molecular weight excluding hydrogens is 458 g/mol. The number of furan rings is 1. The lowest BCUT2D eigenvalue weighted by Crippen LogP contribution is -2.32. The van der Waals surface area contributed by atoms with Gasteiger partial charge < -0.3 is 14.8 Å². The molecule has 0 radical (unpaired) electrons. The van der Waals surface area contributed by atoms with Crippen LogP contribution in [0.4, 0.5) is 5.82 Å². The van der Waals surface area contributed by atoms with Crippen molar-refractivity contribution in [2.75, 3.05) is 24.2 Å². The molecule has 1 fully saturated rings. The summed E-state index contributed by atoms with van der Waals surface area (Å²) in [4.78, 5) is 28.4. The van der Waals surface area contributed by atoms with Gasteiger partial charge in [-0.05, 0) is 43.7 Å². The molecule has 1 saturated carbocycles. The van der Waals surface area contributed by atoms with E-state index in [-0.39, 0.29) is 42.7 Å². The van der Waals surface area contributed by atoms with Crippen LogP contribution in [0.1, 0.15) is 53.1 Å². The zero-order chi connectivity index (χ0) is 24.6. The Labute approximate surface area is 197 Å². The number of hydrogen-bond donors (Lipinski definition) is 2. The van der Waals surface area contributed by atoms with E-state index in [1.54, 1.807) is 6.07 Å². The fourth-order valence-electron chi connectivity index (χ4n) is 3.99. The second kappa shape index (κ2) is 9.09. The molecule has 2 heterocycles. The van der Waals surface area contributed by atoms with Crippen LogP contribution in [0.2, 0.25) is 0 Å². The van der Waals surface area contributed by atoms with Gasteiger partial charge in [-0.2, -0.15) is 4.98 Å². The third kappa shape index (κ3) is 4.77. The molecule has 180 valence electrons. The van der Waals surface area contributed by atoms with Gasteiger partial charge in [-0.15, -0.1) is 0 Å². The highest BCUT2D eigenvalue weighted by Crippen LogP contribution is 2.46. The summed E-state index contributed by atoms with van der Waals surface area (Å²) in [7, 11) is -2.20. The maximum absolute atomic E-state index is 12.9. The van der Waals surface area contributed by atoms with Crippen molar-refractivity contribution in [2.24, 2.45) is 0 Å². The van der Waals surface area contributed by atoms with Crippen molar-refractivity contribution in [3.05, 3.63) is 47.0 Å². The van der Waals surface area contributed by atoms with Crippen molar-refractivity contribution in [1.29, 1.82) is 0 Å². The maximum Gasteiger partial charge on any atom is 0.303 e. The molecule has 2 aromatic heterocycles. The summed E-state index contributed by atoms with van der Waals surface area (Å²) in [6.45, 7) is 1.94. The van der Waals surface area contributed by atoms with Gasteiger partial charge in [0.05, 0.1) is 17.2 Å². The van der Waals surface area contributed by atoms with E-state index in [9.17, 15) is 18.0 Å². The van der Waals surface area contributed by atoms with Crippen molar-refractivity contribution >= 4 is 38.8 Å². The van der Waals surface area contributed by atoms with Gasteiger partial charge in [-0.3, -0.25) is 13.9 Å². The summed E-state index contributed by atoms with van der Waals surface area (Å²) in [5, 5.41) is 12.2. The number of carboxylic acid groups (broad SMARTS) is 1. The van der Waals surface area contributed by atoms with Crippen LogP contribution in [0.15, 0.2) is 34.7 Å². The molecular formula is C24H27N3O6S. The molecule has 9 nitrogen and oxygen atoms in total. The third-order valence-electron chi connectivity index (χ3n) is 5.86. The minimum absolute atomic E-state index is 0.0167. The van der Waals surface area contributed by atoms with Gasteiger partial charge in [-0.1, -0.05) is 29.8 Å². The zero-order valence-corrected chi connectivity index (χ0v) is 20.1. The van der Waals surface area contributed by atoms with E-state index in [2.05, 4.69) is 10.3 Å². The smallest absolute Gasteiger partial charge is 0.303 e. The summed E-state index contributed by atoms with van der Waals surface area (Å²) >= 11 is 0. The van der Waals surface area contributed by atoms with Crippen LogP contribution in [0.25, 0.3) is 22.4 Å². The first-order valence-corrected chi connectivity index (χ1v) is 12.9. The Balaban J connectivity index is 1.92. The summed E-state index contributed by atoms with van der Waals surface area (Å²) in [6.07, 6.45) is 2.82. The number of carbonyl (C=O) groups is 2. The van der Waals surface area contributed by atoms with Crippen molar-refractivity contribution < 1.29 is 27.5 Å². The van der Waals surface area contributed by atoms with Crippen LogP contribution in [0.5, 0.6) is 0 Å². The van der Waals surface area contributed by atoms with E-state index in [0.29, 0.717) is 22.3 Å². The van der Waals surface area contributed by atoms with Gasteiger partial charge in [-0.25, -0.2) is 8.42 Å². The standard InChI is InChI=1S/C24H27N3O6S/c1-14-6-8-16(9-7-14)21-20(23(30)25-2)18-13-17(15-10-11-15)22(26-24(18)33-21)27(34(3,31)32)12-4-5-19(28)29/h6-9,13,15H,4-5,10-12H2,1-3H3,(H,25,30)(H,28,29). The first-order chi connectivity index (χ1) is 16.1. The molecule has 2 N–H and O–H groups in total. The zero-order valence-electron chi connectivity index (χ0n) is 19.3. The molecule has 0 saturated heterocycles. The number of aromatic nitrogens is 1. The molecule has 0 spiro atoms. The summed E-state index contributed by atoms with van der Waals surface area (Å²) in [5.41, 5.74) is 2.98. The Morgan fingerprint density at radius 1 is 1.24 bits per heavy atom. The minimum atomic E-state index is -3.74. The number of aliphatic carboxylic acids is 1. The fourth-order valence-corrected chi connectivity index (χ4v) is 4.91. The average Bonchev–Trinajstić information content (AvgIpc) is 3.55. The number of fused-ring (bicyclic) bond motifs is 1. The summed E-state index contributed by atoms with van der Waals surface area (Å²) < 4.78 is 32.5. The number of amides is 1. The Morgan fingerprint density at radius 3 is 2.47 bits per heavy atom. The molecule has 10 heteroatoms. The van der Waals surface area contributed by atoms with Gasteiger partial charge in [0.2, 0.25) is 15.7 Å². The van der Waals surface area contributed by atoms with Gasteiger partial charge in [0.1, 0.15) is 11.6 Å². The lowest BCUT2D eigenvalue weighted by Gasteiger charge is -2.23. The summed E-state index contributed by atoms with van der Waals surface area (Å²) in [5.74, 6) is -0.616. The monoisotopic (exact) mass is 485 g/mol. The molecule has 0 unspecified atom stereocenters. The fraction of sp³-hybridized carbons (Fsp3) is 0.375. The number of sulfonamides is 1. The number of anilines is 1. The molecule has 0 atom stereocenters. The second-order valence-electron chi connectivity index (χ2n) is 8.61. The van der Waals surface area contributed by atoms with E-state index >= 15 is 0 Å². The van der Waals surface area contributed by atoms with Crippen molar-refractivity contribution in [3.63, 3.8) is 0 Å². The number of hydrogen-bond acceptors (Lipinski definition) is 6. The van der Waals surface area contributed by atoms with E-state index in [0.717, 1.165) is 34.5 Å². The van der Waals surface area contributed by atoms with Crippen LogP contribution >= 0.6 is 0 Å². The number of benzene rings is 1. The van der Waals surface area contributed by atoms with E-state index in [1.807, 2.05) is 31.2 Å². The lowest BCUT2D eigenvalue weighted by molar-refractivity contribution is -0.137. The van der Waals surface area contributed by atoms with Gasteiger partial charge in [0, 0.05) is 25.6 Å². The third-order valence-corrected chi connectivity index (χ3v) is 7.02. The Morgan fingerprint density at radius 2 is 1.91 bits per heavy atom. The molecule has 0 bridgehead atoms. The average molecular weight is 486 g/mol. The van der Waals surface area contributed by atoms with Gasteiger partial charge in [0.25, 0.3) is 5.91 Å². The van der Waals surface area contributed by atoms with Crippen LogP contribution in [0.3, 0.4) is 0 Å². The Bertz CT molecular complexity index is 1360. The highest BCUT2D eigenvalue weighted by molar-refractivity contribution is 7.92. The molecule has 1 aliphatic carbocycles. The molecule has 4 rings (SSSR count). The van der Waals surface area contributed by atoms with Crippen LogP contribution in [0, 0.1) is 6.92 Å². The van der Waals surface area contributed by atoms with E-state index in [4.69, 9.17) is 9.52 Å². The summed E-state index contributed by atoms with van der Waals surface area (Å²) in [6, 6.07) is 9.35. The highest BCUT2D eigenvalue weighted by Gasteiger charge is 2.34.